The number of ketones is 1. The van der Waals surface area contributed by atoms with Gasteiger partial charge in [0.2, 0.25) is 11.7 Å². The van der Waals surface area contributed by atoms with Crippen molar-refractivity contribution in [3.8, 4) is 0 Å². The zero-order valence-electron chi connectivity index (χ0n) is 17.8. The summed E-state index contributed by atoms with van der Waals surface area (Å²) in [5.41, 5.74) is 4.06. The quantitative estimate of drug-likeness (QED) is 0.412. The van der Waals surface area contributed by atoms with Crippen molar-refractivity contribution >= 4 is 23.3 Å². The zero-order chi connectivity index (χ0) is 22.4. The second-order valence-electron chi connectivity index (χ2n) is 7.34. The summed E-state index contributed by atoms with van der Waals surface area (Å²) in [7, 11) is 0. The van der Waals surface area contributed by atoms with Crippen LogP contribution in [-0.2, 0) is 9.53 Å². The fraction of sp³-hybridized carbons (Fsp3) is 0.192. The fourth-order valence-electron chi connectivity index (χ4n) is 3.06. The van der Waals surface area contributed by atoms with Gasteiger partial charge in [-0.3, -0.25) is 9.59 Å². The summed E-state index contributed by atoms with van der Waals surface area (Å²) >= 11 is 0. The molecule has 0 radical (unpaired) electrons. The van der Waals surface area contributed by atoms with Crippen molar-refractivity contribution in [3.63, 3.8) is 0 Å². The minimum absolute atomic E-state index is 0.113. The molecular weight excluding hydrogens is 390 g/mol. The molecule has 0 fully saturated rings. The normalized spacial score (nSPS) is 11.5. The lowest BCUT2D eigenvalue weighted by Crippen LogP contribution is -2.20. The van der Waals surface area contributed by atoms with Crippen LogP contribution in [0.4, 0.5) is 5.69 Å². The zero-order valence-corrected chi connectivity index (χ0v) is 17.8. The number of rotatable bonds is 7. The SMILES string of the molecule is CCC(=O)Nc1ccc(C(=O)OC(C(=O)c2ccc(C)c(C)c2)c2ccccc2)cc1. The number of anilines is 1. The summed E-state index contributed by atoms with van der Waals surface area (Å²) in [6.07, 6.45) is -0.696. The van der Waals surface area contributed by atoms with Gasteiger partial charge >= 0.3 is 5.97 Å². The van der Waals surface area contributed by atoms with Gasteiger partial charge < -0.3 is 10.1 Å². The van der Waals surface area contributed by atoms with Gasteiger partial charge in [-0.15, -0.1) is 0 Å². The summed E-state index contributed by atoms with van der Waals surface area (Å²) in [6, 6.07) is 20.8. The van der Waals surface area contributed by atoms with Gasteiger partial charge in [-0.1, -0.05) is 49.4 Å². The Balaban J connectivity index is 1.85. The van der Waals surface area contributed by atoms with E-state index >= 15 is 0 Å². The predicted octanol–water partition coefficient (Wildman–Crippen LogP) is 5.43. The number of ether oxygens (including phenoxy) is 1. The van der Waals surface area contributed by atoms with E-state index in [1.54, 1.807) is 61.5 Å². The number of carbonyl (C=O) groups is 3. The number of esters is 1. The molecule has 0 bridgehead atoms. The van der Waals surface area contributed by atoms with Gasteiger partial charge in [0.15, 0.2) is 6.10 Å². The smallest absolute Gasteiger partial charge is 0.339 e. The maximum atomic E-state index is 13.3. The summed E-state index contributed by atoms with van der Waals surface area (Å²) < 4.78 is 5.68. The van der Waals surface area contributed by atoms with Crippen molar-refractivity contribution in [2.45, 2.75) is 33.3 Å². The van der Waals surface area contributed by atoms with Crippen LogP contribution in [0.1, 0.15) is 56.9 Å². The third kappa shape index (κ3) is 5.45. The molecule has 3 aromatic carbocycles. The number of aryl methyl sites for hydroxylation is 2. The molecule has 0 saturated carbocycles. The molecule has 1 amide bonds. The molecule has 0 heterocycles. The van der Waals surface area contributed by atoms with Crippen molar-refractivity contribution in [1.29, 1.82) is 0 Å². The third-order valence-corrected chi connectivity index (χ3v) is 5.08. The second-order valence-corrected chi connectivity index (χ2v) is 7.34. The largest absolute Gasteiger partial charge is 0.445 e. The van der Waals surface area contributed by atoms with Crippen molar-refractivity contribution in [3.05, 3.63) is 101 Å². The fourth-order valence-corrected chi connectivity index (χ4v) is 3.06. The van der Waals surface area contributed by atoms with E-state index in [0.717, 1.165) is 11.1 Å². The Labute approximate surface area is 182 Å². The Bertz CT molecular complexity index is 1090. The monoisotopic (exact) mass is 415 g/mol. The van der Waals surface area contributed by atoms with Crippen molar-refractivity contribution in [2.24, 2.45) is 0 Å². The number of hydrogen-bond acceptors (Lipinski definition) is 4. The first kappa shape index (κ1) is 22.0. The maximum Gasteiger partial charge on any atom is 0.339 e. The Morgan fingerprint density at radius 2 is 1.48 bits per heavy atom. The topological polar surface area (TPSA) is 72.5 Å². The predicted molar refractivity (Wildman–Crippen MR) is 120 cm³/mol. The summed E-state index contributed by atoms with van der Waals surface area (Å²) in [6.45, 7) is 5.68. The average molecular weight is 415 g/mol. The lowest BCUT2D eigenvalue weighted by atomic mass is 9.97. The first-order valence-electron chi connectivity index (χ1n) is 10.2. The van der Waals surface area contributed by atoms with Crippen LogP contribution in [0.3, 0.4) is 0 Å². The van der Waals surface area contributed by atoms with Gasteiger partial charge in [-0.25, -0.2) is 4.79 Å². The number of benzene rings is 3. The number of Topliss-reactive ketones (excluding diaryl/α,β-unsaturated/α-hetero) is 1. The number of amides is 1. The van der Waals surface area contributed by atoms with Crippen molar-refractivity contribution in [2.75, 3.05) is 5.32 Å². The summed E-state index contributed by atoms with van der Waals surface area (Å²) in [5.74, 6) is -1.01. The molecule has 0 aromatic heterocycles. The van der Waals surface area contributed by atoms with Crippen LogP contribution in [0.5, 0.6) is 0 Å². The molecule has 5 heteroatoms. The highest BCUT2D eigenvalue weighted by Gasteiger charge is 2.27. The minimum Gasteiger partial charge on any atom is -0.445 e. The molecule has 0 aliphatic rings. The second kappa shape index (κ2) is 9.85. The summed E-state index contributed by atoms with van der Waals surface area (Å²) in [5, 5.41) is 2.73. The molecule has 5 nitrogen and oxygen atoms in total. The molecule has 1 unspecified atom stereocenters. The lowest BCUT2D eigenvalue weighted by Gasteiger charge is -2.18. The van der Waals surface area contributed by atoms with Gasteiger partial charge in [0.25, 0.3) is 0 Å². The van der Waals surface area contributed by atoms with Crippen LogP contribution >= 0.6 is 0 Å². The maximum absolute atomic E-state index is 13.3. The van der Waals surface area contributed by atoms with Crippen LogP contribution in [-0.4, -0.2) is 17.7 Å². The lowest BCUT2D eigenvalue weighted by molar-refractivity contribution is -0.115. The molecule has 1 atom stereocenters. The Morgan fingerprint density at radius 1 is 0.839 bits per heavy atom. The van der Waals surface area contributed by atoms with E-state index in [-0.39, 0.29) is 11.7 Å². The summed E-state index contributed by atoms with van der Waals surface area (Å²) in [4.78, 5) is 37.6. The van der Waals surface area contributed by atoms with Gasteiger partial charge in [-0.05, 0) is 55.3 Å². The average Bonchev–Trinajstić information content (AvgIpc) is 2.79. The highest BCUT2D eigenvalue weighted by atomic mass is 16.5. The van der Waals surface area contributed by atoms with Gasteiger partial charge in [0, 0.05) is 23.2 Å². The van der Waals surface area contributed by atoms with E-state index in [0.29, 0.717) is 28.8 Å². The standard InChI is InChI=1S/C26H25NO4/c1-4-23(28)27-22-14-12-20(13-15-22)26(30)31-25(19-8-6-5-7-9-19)24(29)21-11-10-17(2)18(3)16-21/h5-16,25H,4H2,1-3H3,(H,27,28). The first-order chi connectivity index (χ1) is 14.9. The molecule has 0 aliphatic carbocycles. The van der Waals surface area contributed by atoms with Crippen LogP contribution in [0.15, 0.2) is 72.8 Å². The molecule has 3 aromatic rings. The van der Waals surface area contributed by atoms with E-state index in [1.807, 2.05) is 32.0 Å². The Kier molecular flexibility index (Phi) is 6.98. The molecule has 1 N–H and O–H groups in total. The molecular formula is C26H25NO4. The molecule has 158 valence electrons. The van der Waals surface area contributed by atoms with Gasteiger partial charge in [-0.2, -0.15) is 0 Å². The van der Waals surface area contributed by atoms with E-state index in [4.69, 9.17) is 4.74 Å². The molecule has 0 aliphatic heterocycles. The third-order valence-electron chi connectivity index (χ3n) is 5.08. The minimum atomic E-state index is -1.06. The Morgan fingerprint density at radius 3 is 2.10 bits per heavy atom. The van der Waals surface area contributed by atoms with Crippen LogP contribution in [0.25, 0.3) is 0 Å². The molecule has 0 spiro atoms. The number of hydrogen-bond donors (Lipinski definition) is 1. The highest BCUT2D eigenvalue weighted by molar-refractivity contribution is 6.02. The molecule has 3 rings (SSSR count). The van der Waals surface area contributed by atoms with Gasteiger partial charge in [0.1, 0.15) is 0 Å². The first-order valence-corrected chi connectivity index (χ1v) is 10.2. The molecule has 31 heavy (non-hydrogen) atoms. The van der Waals surface area contributed by atoms with E-state index < -0.39 is 12.1 Å². The van der Waals surface area contributed by atoms with Crippen LogP contribution in [0, 0.1) is 13.8 Å². The van der Waals surface area contributed by atoms with Crippen molar-refractivity contribution in [1.82, 2.24) is 0 Å². The molecule has 0 saturated heterocycles. The van der Waals surface area contributed by atoms with E-state index in [9.17, 15) is 14.4 Å². The van der Waals surface area contributed by atoms with E-state index in [2.05, 4.69) is 5.32 Å². The van der Waals surface area contributed by atoms with Crippen LogP contribution in [0.2, 0.25) is 0 Å². The van der Waals surface area contributed by atoms with Gasteiger partial charge in [0.05, 0.1) is 5.56 Å². The highest BCUT2D eigenvalue weighted by Crippen LogP contribution is 2.25. The Hall–Kier alpha value is -3.73. The number of carbonyl (C=O) groups excluding carboxylic acids is 3. The van der Waals surface area contributed by atoms with Crippen molar-refractivity contribution < 1.29 is 19.1 Å². The van der Waals surface area contributed by atoms with Crippen LogP contribution < -0.4 is 5.32 Å². The van der Waals surface area contributed by atoms with E-state index in [1.165, 1.54) is 0 Å². The number of nitrogens with one attached hydrogen (secondary N) is 1.